The van der Waals surface area contributed by atoms with Crippen molar-refractivity contribution in [2.24, 2.45) is 0 Å². The summed E-state index contributed by atoms with van der Waals surface area (Å²) in [5, 5.41) is 45.0. The van der Waals surface area contributed by atoms with E-state index < -0.39 is 36.5 Å². The van der Waals surface area contributed by atoms with Crippen LogP contribution in [0.15, 0.2) is 126 Å². The van der Waals surface area contributed by atoms with Crippen LogP contribution >= 0.6 is 0 Å². The number of hydrogen-bond donors (Lipinski definition) is 8. The third-order valence-corrected chi connectivity index (χ3v) is 11.5. The van der Waals surface area contributed by atoms with E-state index in [2.05, 4.69) is 25.8 Å². The Hall–Kier alpha value is -8.28. The number of rotatable bonds is 14. The number of carboxylic acids is 2. The Kier molecular flexibility index (Phi) is 20.0. The molecule has 1 fully saturated rings. The number of likely N-dealkylation sites (tertiary alicyclic amines) is 1. The number of aliphatic hydroxyl groups is 1. The summed E-state index contributed by atoms with van der Waals surface area (Å²) in [5.74, 6) is -5.96. The van der Waals surface area contributed by atoms with Gasteiger partial charge in [-0.1, -0.05) is 72.8 Å². The van der Waals surface area contributed by atoms with Crippen LogP contribution in [-0.2, 0) is 25.7 Å². The maximum absolute atomic E-state index is 13.4. The van der Waals surface area contributed by atoms with Crippen LogP contribution in [0.25, 0.3) is 22.0 Å². The summed E-state index contributed by atoms with van der Waals surface area (Å²) in [6.07, 6.45) is -10.1. The van der Waals surface area contributed by atoms with Gasteiger partial charge in [-0.05, 0) is 84.5 Å². The molecular weight excluding hydrogens is 999 g/mol. The molecule has 0 radical (unpaired) electrons. The number of carbonyl (C=O) groups is 5. The molecule has 0 spiro atoms. The van der Waals surface area contributed by atoms with Gasteiger partial charge in [0.25, 0.3) is 5.91 Å². The number of aliphatic carboxylic acids is 2. The van der Waals surface area contributed by atoms with Crippen molar-refractivity contribution in [1.29, 1.82) is 0 Å². The first-order chi connectivity index (χ1) is 35.4. The average Bonchev–Trinajstić information content (AvgIpc) is 3.37. The number of nitrogens with one attached hydrogen (secondary N) is 4. The number of H-pyrrole nitrogens is 1. The highest BCUT2D eigenvalue weighted by atomic mass is 19.4. The van der Waals surface area contributed by atoms with E-state index in [9.17, 15) is 55.7 Å². The van der Waals surface area contributed by atoms with Crippen molar-refractivity contribution in [2.75, 3.05) is 48.8 Å². The van der Waals surface area contributed by atoms with E-state index in [1.165, 1.54) is 12.1 Å². The molecule has 17 nitrogen and oxygen atoms in total. The zero-order valence-corrected chi connectivity index (χ0v) is 40.2. The molecule has 0 unspecified atom stereocenters. The highest BCUT2D eigenvalue weighted by Crippen LogP contribution is 2.30. The van der Waals surface area contributed by atoms with Gasteiger partial charge in [-0.15, -0.1) is 0 Å². The molecule has 1 aliphatic heterocycles. The molecule has 2 heterocycles. The molecule has 6 aromatic rings. The van der Waals surface area contributed by atoms with Crippen LogP contribution in [0.1, 0.15) is 52.4 Å². The number of phenolic OH excluding ortho intramolecular Hbond substituents is 1. The Morgan fingerprint density at radius 2 is 1.43 bits per heavy atom. The van der Waals surface area contributed by atoms with Crippen molar-refractivity contribution in [3.05, 3.63) is 154 Å². The zero-order valence-electron chi connectivity index (χ0n) is 40.2. The first-order valence-electron chi connectivity index (χ1n) is 22.9. The number of aromatic nitrogens is 1. The second-order valence-electron chi connectivity index (χ2n) is 16.9. The number of halogens is 6. The van der Waals surface area contributed by atoms with Gasteiger partial charge in [0.15, 0.2) is 0 Å². The van der Waals surface area contributed by atoms with Gasteiger partial charge in [0, 0.05) is 80.1 Å². The molecule has 5 aromatic carbocycles. The van der Waals surface area contributed by atoms with Gasteiger partial charge in [-0.25, -0.2) is 14.4 Å². The molecule has 0 bridgehead atoms. The zero-order chi connectivity index (χ0) is 55.0. The van der Waals surface area contributed by atoms with E-state index >= 15 is 0 Å². The number of benzene rings is 5. The third-order valence-electron chi connectivity index (χ3n) is 11.5. The Morgan fingerprint density at radius 3 is 2.07 bits per heavy atom. The quantitative estimate of drug-likeness (QED) is 0.0477. The Labute approximate surface area is 424 Å². The van der Waals surface area contributed by atoms with Crippen LogP contribution in [0.4, 0.5) is 48.2 Å². The van der Waals surface area contributed by atoms with Gasteiger partial charge in [-0.2, -0.15) is 26.3 Å². The first kappa shape index (κ1) is 57.6. The van der Waals surface area contributed by atoms with Crippen molar-refractivity contribution in [3.8, 4) is 16.9 Å². The van der Waals surface area contributed by atoms with Crippen LogP contribution in [0.5, 0.6) is 5.75 Å². The SMILES string of the molecule is Cc1cc(CNC[C@H](O)c2ccc(O)c3[nH]c(=O)ccc23)ccc1NC(=O)c1cccc(N(C)C(=O)CCN2CCC(OC(=O)Nc3ccccc3-c3ccccc3)CC2)c1.O=C(O)C(F)(F)F.O=C(O)C(F)(F)F. The maximum atomic E-state index is 13.4. The van der Waals surface area contributed by atoms with E-state index in [0.29, 0.717) is 79.0 Å². The lowest BCUT2D eigenvalue weighted by Gasteiger charge is -2.31. The Bertz CT molecular complexity index is 2990. The van der Waals surface area contributed by atoms with Crippen LogP contribution in [0.2, 0.25) is 0 Å². The minimum Gasteiger partial charge on any atom is -0.506 e. The molecule has 398 valence electrons. The fraction of sp³-hybridized carbons (Fsp3) is 0.269. The number of alkyl halides is 6. The smallest absolute Gasteiger partial charge is 0.490 e. The molecule has 1 atom stereocenters. The van der Waals surface area contributed by atoms with Gasteiger partial charge < -0.3 is 50.6 Å². The molecule has 8 N–H and O–H groups in total. The molecule has 0 aliphatic carbocycles. The standard InChI is InChI=1S/C48H50N6O7.2C2HF3O2/c1-31-27-32(29-49-30-43(56)38-16-19-42(55)46-39(38)17-20-44(57)52-46)15-18-40(31)50-47(59)34-11-8-12-35(28-34)53(2)45(58)23-26-54-24-21-36(22-25-54)61-48(60)51-41-14-7-6-13-37(41)33-9-4-3-5-10-33;2*3-2(4,5)1(6)7/h3-20,27-28,36,43,49,55-56H,21-26,29-30H2,1-2H3,(H,50,59)(H,51,60)(H,52,57);2*(H,6,7)/t43-;;/m0../s1. The predicted octanol–water partition coefficient (Wildman–Crippen LogP) is 8.62. The summed E-state index contributed by atoms with van der Waals surface area (Å²) in [4.78, 5) is 75.4. The molecule has 0 saturated carbocycles. The van der Waals surface area contributed by atoms with Crippen molar-refractivity contribution in [2.45, 2.75) is 57.3 Å². The number of aliphatic hydroxyl groups excluding tert-OH is 1. The summed E-state index contributed by atoms with van der Waals surface area (Å²) in [7, 11) is 1.71. The molecule has 23 heteroatoms. The number of carboxylic acid groups (broad SMARTS) is 2. The number of piperidine rings is 1. The summed E-state index contributed by atoms with van der Waals surface area (Å²) >= 11 is 0. The molecule has 1 aliphatic rings. The number of ether oxygens (including phenoxy) is 1. The minimum atomic E-state index is -5.08. The number of nitrogens with zero attached hydrogens (tertiary/aromatic N) is 2. The maximum Gasteiger partial charge on any atom is 0.490 e. The average molecular weight is 1050 g/mol. The lowest BCUT2D eigenvalue weighted by Crippen LogP contribution is -2.40. The molecular formula is C52H52F6N6O11. The number of para-hydroxylation sites is 1. The number of fused-ring (bicyclic) bond motifs is 1. The lowest BCUT2D eigenvalue weighted by molar-refractivity contribution is -0.193. The van der Waals surface area contributed by atoms with Gasteiger partial charge in [0.05, 0.1) is 17.3 Å². The van der Waals surface area contributed by atoms with Crippen molar-refractivity contribution < 1.29 is 75.5 Å². The summed E-state index contributed by atoms with van der Waals surface area (Å²) in [6, 6.07) is 36.2. The van der Waals surface area contributed by atoms with Gasteiger partial charge in [-0.3, -0.25) is 19.7 Å². The normalized spacial score (nSPS) is 13.2. The Balaban J connectivity index is 0.000000653. The lowest BCUT2D eigenvalue weighted by atomic mass is 10.0. The molecule has 7 rings (SSSR count). The Morgan fingerprint density at radius 1 is 0.787 bits per heavy atom. The van der Waals surface area contributed by atoms with Crippen LogP contribution in [0.3, 0.4) is 0 Å². The number of phenols is 1. The van der Waals surface area contributed by atoms with E-state index in [-0.39, 0.29) is 41.3 Å². The number of aromatic hydroxyl groups is 1. The number of pyridine rings is 1. The minimum absolute atomic E-state index is 0.0661. The second kappa shape index (κ2) is 26.1. The number of aryl methyl sites for hydroxylation is 1. The molecule has 1 saturated heterocycles. The third kappa shape index (κ3) is 17.2. The van der Waals surface area contributed by atoms with E-state index in [0.717, 1.165) is 22.3 Å². The van der Waals surface area contributed by atoms with Crippen LogP contribution in [0, 0.1) is 6.92 Å². The van der Waals surface area contributed by atoms with Crippen LogP contribution < -0.4 is 26.4 Å². The fourth-order valence-corrected chi connectivity index (χ4v) is 7.61. The number of amides is 3. The van der Waals surface area contributed by atoms with E-state index in [1.54, 1.807) is 48.3 Å². The summed E-state index contributed by atoms with van der Waals surface area (Å²) in [5.41, 5.74) is 6.61. The summed E-state index contributed by atoms with van der Waals surface area (Å²) in [6.45, 7) is 4.56. The van der Waals surface area contributed by atoms with E-state index in [4.69, 9.17) is 24.5 Å². The number of hydrogen-bond acceptors (Lipinski definition) is 11. The highest BCUT2D eigenvalue weighted by Gasteiger charge is 2.39. The first-order valence-corrected chi connectivity index (χ1v) is 22.9. The monoisotopic (exact) mass is 1050 g/mol. The number of anilines is 3. The van der Waals surface area contributed by atoms with E-state index in [1.807, 2.05) is 79.7 Å². The summed E-state index contributed by atoms with van der Waals surface area (Å²) < 4.78 is 69.2. The van der Waals surface area contributed by atoms with Crippen molar-refractivity contribution in [3.63, 3.8) is 0 Å². The van der Waals surface area contributed by atoms with Gasteiger partial charge in [0.1, 0.15) is 11.9 Å². The molecule has 1 aromatic heterocycles. The predicted molar refractivity (Wildman–Crippen MR) is 265 cm³/mol. The highest BCUT2D eigenvalue weighted by molar-refractivity contribution is 6.06. The van der Waals surface area contributed by atoms with Crippen molar-refractivity contribution in [1.82, 2.24) is 15.2 Å². The largest absolute Gasteiger partial charge is 0.506 e. The van der Waals surface area contributed by atoms with Crippen molar-refractivity contribution >= 4 is 57.8 Å². The molecule has 75 heavy (non-hydrogen) atoms. The number of carbonyl (C=O) groups excluding carboxylic acids is 3. The van der Waals surface area contributed by atoms with Crippen LogP contribution in [-0.4, -0.2) is 112 Å². The second-order valence-corrected chi connectivity index (χ2v) is 16.9. The van der Waals surface area contributed by atoms with Gasteiger partial charge in [0.2, 0.25) is 11.5 Å². The number of aromatic amines is 1. The molecule has 3 amide bonds. The topological polar surface area (TPSA) is 251 Å². The fourth-order valence-electron chi connectivity index (χ4n) is 7.61. The van der Waals surface area contributed by atoms with Gasteiger partial charge >= 0.3 is 30.4 Å².